The van der Waals surface area contributed by atoms with Crippen molar-refractivity contribution in [3.05, 3.63) is 0 Å². The normalized spacial score (nSPS) is 29.9. The topological polar surface area (TPSA) is 43.8 Å². The number of nitrogens with zero attached hydrogens (tertiary/aromatic N) is 2. The van der Waals surface area contributed by atoms with Gasteiger partial charge in [-0.05, 0) is 46.3 Å². The van der Waals surface area contributed by atoms with Gasteiger partial charge in [0.05, 0.1) is 5.92 Å². The summed E-state index contributed by atoms with van der Waals surface area (Å²) in [6.07, 6.45) is 2.89. The quantitative estimate of drug-likeness (QED) is 0.791. The average molecular weight is 242 g/mol. The minimum Gasteiger partial charge on any atom is -0.481 e. The van der Waals surface area contributed by atoms with E-state index in [2.05, 4.69) is 23.8 Å². The number of aliphatic carboxylic acids is 1. The van der Waals surface area contributed by atoms with Gasteiger partial charge in [0.2, 0.25) is 0 Å². The van der Waals surface area contributed by atoms with Crippen LogP contribution in [0.5, 0.6) is 0 Å². The maximum Gasteiger partial charge on any atom is 0.308 e. The lowest BCUT2D eigenvalue weighted by molar-refractivity contribution is -0.146. The lowest BCUT2D eigenvalue weighted by Crippen LogP contribution is -2.47. The van der Waals surface area contributed by atoms with Gasteiger partial charge in [-0.3, -0.25) is 4.79 Å². The number of carboxylic acid groups (broad SMARTS) is 1. The van der Waals surface area contributed by atoms with Crippen molar-refractivity contribution >= 4 is 5.97 Å². The molecule has 1 aliphatic rings. The van der Waals surface area contributed by atoms with Crippen molar-refractivity contribution in [1.82, 2.24) is 9.80 Å². The Bertz CT molecular complexity index is 256. The summed E-state index contributed by atoms with van der Waals surface area (Å²) in [6.45, 7) is 4.15. The molecule has 1 fully saturated rings. The third-order valence-electron chi connectivity index (χ3n) is 3.86. The molecule has 1 saturated carbocycles. The van der Waals surface area contributed by atoms with E-state index >= 15 is 0 Å². The van der Waals surface area contributed by atoms with E-state index in [-0.39, 0.29) is 12.0 Å². The van der Waals surface area contributed by atoms with Crippen LogP contribution in [-0.2, 0) is 4.79 Å². The second-order valence-electron chi connectivity index (χ2n) is 5.71. The van der Waals surface area contributed by atoms with Crippen LogP contribution in [0.15, 0.2) is 0 Å². The fraction of sp³-hybridized carbons (Fsp3) is 0.923. The van der Waals surface area contributed by atoms with E-state index in [1.165, 1.54) is 0 Å². The Kier molecular flexibility index (Phi) is 5.40. The molecule has 1 aliphatic carbocycles. The summed E-state index contributed by atoms with van der Waals surface area (Å²) in [5, 5.41) is 9.28. The lowest BCUT2D eigenvalue weighted by atomic mass is 9.78. The van der Waals surface area contributed by atoms with Gasteiger partial charge in [-0.25, -0.2) is 0 Å². The zero-order chi connectivity index (χ0) is 13.0. The van der Waals surface area contributed by atoms with Crippen molar-refractivity contribution in [2.75, 3.05) is 34.2 Å². The maximum absolute atomic E-state index is 11.3. The molecule has 0 aromatic carbocycles. The molecule has 0 amide bonds. The number of likely N-dealkylation sites (N-methyl/N-ethyl adjacent to an activating group) is 2. The molecule has 3 unspecified atom stereocenters. The van der Waals surface area contributed by atoms with Gasteiger partial charge in [0.1, 0.15) is 0 Å². The molecule has 1 N–H and O–H groups in total. The third kappa shape index (κ3) is 4.28. The monoisotopic (exact) mass is 242 g/mol. The largest absolute Gasteiger partial charge is 0.481 e. The summed E-state index contributed by atoms with van der Waals surface area (Å²) in [5.74, 6) is -0.158. The molecule has 100 valence electrons. The fourth-order valence-corrected chi connectivity index (χ4v) is 2.65. The van der Waals surface area contributed by atoms with E-state index in [0.717, 1.165) is 32.4 Å². The second-order valence-corrected chi connectivity index (χ2v) is 5.71. The van der Waals surface area contributed by atoms with Crippen molar-refractivity contribution in [3.63, 3.8) is 0 Å². The van der Waals surface area contributed by atoms with Gasteiger partial charge in [-0.2, -0.15) is 0 Å². The highest BCUT2D eigenvalue weighted by molar-refractivity contribution is 5.71. The Morgan fingerprint density at radius 2 is 1.88 bits per heavy atom. The molecule has 1 rings (SSSR count). The summed E-state index contributed by atoms with van der Waals surface area (Å²) in [4.78, 5) is 15.6. The van der Waals surface area contributed by atoms with Crippen LogP contribution in [-0.4, -0.2) is 61.2 Å². The molecule has 0 saturated heterocycles. The fourth-order valence-electron chi connectivity index (χ4n) is 2.65. The molecule has 0 radical (unpaired) electrons. The van der Waals surface area contributed by atoms with Crippen LogP contribution in [0.1, 0.15) is 26.2 Å². The van der Waals surface area contributed by atoms with Crippen LogP contribution in [0.25, 0.3) is 0 Å². The average Bonchev–Trinajstić information content (AvgIpc) is 2.25. The molecule has 4 nitrogen and oxygen atoms in total. The van der Waals surface area contributed by atoms with E-state index < -0.39 is 5.97 Å². The smallest absolute Gasteiger partial charge is 0.308 e. The summed E-state index contributed by atoms with van der Waals surface area (Å²) in [7, 11) is 6.15. The first-order valence-electron chi connectivity index (χ1n) is 6.49. The molecule has 0 bridgehead atoms. The number of hydrogen-bond donors (Lipinski definition) is 1. The van der Waals surface area contributed by atoms with Crippen LogP contribution in [0.2, 0.25) is 0 Å². The predicted octanol–water partition coefficient (Wildman–Crippen LogP) is 1.37. The van der Waals surface area contributed by atoms with Gasteiger partial charge in [0, 0.05) is 19.1 Å². The molecular formula is C13H26N2O2. The number of rotatable bonds is 5. The lowest BCUT2D eigenvalue weighted by Gasteiger charge is -2.38. The van der Waals surface area contributed by atoms with E-state index in [4.69, 9.17) is 0 Å². The molecule has 0 heterocycles. The van der Waals surface area contributed by atoms with Gasteiger partial charge in [-0.15, -0.1) is 0 Å². The molecule has 17 heavy (non-hydrogen) atoms. The Labute approximate surface area is 105 Å². The van der Waals surface area contributed by atoms with Crippen molar-refractivity contribution in [2.24, 2.45) is 11.8 Å². The first kappa shape index (κ1) is 14.5. The van der Waals surface area contributed by atoms with E-state index in [1.54, 1.807) is 0 Å². The van der Waals surface area contributed by atoms with Crippen molar-refractivity contribution in [2.45, 2.75) is 32.2 Å². The van der Waals surface area contributed by atoms with E-state index in [1.807, 2.05) is 14.1 Å². The zero-order valence-electron chi connectivity index (χ0n) is 11.5. The van der Waals surface area contributed by atoms with Crippen LogP contribution in [0.4, 0.5) is 0 Å². The SMILES string of the molecule is CC1CCC(C(=O)O)C(N(C)CCN(C)C)C1. The third-order valence-corrected chi connectivity index (χ3v) is 3.86. The molecule has 3 atom stereocenters. The first-order valence-corrected chi connectivity index (χ1v) is 6.49. The Balaban J connectivity index is 2.58. The summed E-state index contributed by atoms with van der Waals surface area (Å²) >= 11 is 0. The van der Waals surface area contributed by atoms with Gasteiger partial charge < -0.3 is 14.9 Å². The highest BCUT2D eigenvalue weighted by Gasteiger charge is 2.35. The van der Waals surface area contributed by atoms with Crippen molar-refractivity contribution in [1.29, 1.82) is 0 Å². The Morgan fingerprint density at radius 3 is 2.41 bits per heavy atom. The minimum absolute atomic E-state index is 0.182. The van der Waals surface area contributed by atoms with Crippen LogP contribution < -0.4 is 0 Å². The summed E-state index contributed by atoms with van der Waals surface area (Å²) < 4.78 is 0. The van der Waals surface area contributed by atoms with Crippen LogP contribution in [0, 0.1) is 11.8 Å². The van der Waals surface area contributed by atoms with Gasteiger partial charge >= 0.3 is 5.97 Å². The van der Waals surface area contributed by atoms with E-state index in [0.29, 0.717) is 5.92 Å². The molecule has 0 spiro atoms. The first-order chi connectivity index (χ1) is 7.91. The van der Waals surface area contributed by atoms with Crippen molar-refractivity contribution in [3.8, 4) is 0 Å². The molecule has 0 aromatic rings. The van der Waals surface area contributed by atoms with Crippen LogP contribution in [0.3, 0.4) is 0 Å². The molecule has 0 aliphatic heterocycles. The zero-order valence-corrected chi connectivity index (χ0v) is 11.5. The number of carbonyl (C=O) groups is 1. The highest BCUT2D eigenvalue weighted by Crippen LogP contribution is 2.31. The van der Waals surface area contributed by atoms with Crippen LogP contribution >= 0.6 is 0 Å². The number of hydrogen-bond acceptors (Lipinski definition) is 3. The minimum atomic E-state index is -0.626. The maximum atomic E-state index is 11.3. The summed E-state index contributed by atoms with van der Waals surface area (Å²) in [6, 6.07) is 0.205. The highest BCUT2D eigenvalue weighted by atomic mass is 16.4. The van der Waals surface area contributed by atoms with E-state index in [9.17, 15) is 9.90 Å². The summed E-state index contributed by atoms with van der Waals surface area (Å²) in [5.41, 5.74) is 0. The standard InChI is InChI=1S/C13H26N2O2/c1-10-5-6-11(13(16)17)12(9-10)15(4)8-7-14(2)3/h10-12H,5-9H2,1-4H3,(H,16,17). The predicted molar refractivity (Wildman–Crippen MR) is 69.1 cm³/mol. The van der Waals surface area contributed by atoms with Gasteiger partial charge in [0.15, 0.2) is 0 Å². The Morgan fingerprint density at radius 1 is 1.24 bits per heavy atom. The second kappa shape index (κ2) is 6.36. The van der Waals surface area contributed by atoms with Gasteiger partial charge in [-0.1, -0.05) is 6.92 Å². The molecule has 4 heteroatoms. The van der Waals surface area contributed by atoms with Crippen molar-refractivity contribution < 1.29 is 9.90 Å². The molecule has 0 aromatic heterocycles. The molecular weight excluding hydrogens is 216 g/mol. The van der Waals surface area contributed by atoms with Gasteiger partial charge in [0.25, 0.3) is 0 Å². The Hall–Kier alpha value is -0.610. The number of carboxylic acids is 1.